The van der Waals surface area contributed by atoms with Gasteiger partial charge in [-0.25, -0.2) is 9.97 Å². The fraction of sp³-hybridized carbons (Fsp3) is 0.333. The highest BCUT2D eigenvalue weighted by Crippen LogP contribution is 2.22. The molecule has 3 rings (SSSR count). The predicted molar refractivity (Wildman–Crippen MR) is 89.9 cm³/mol. The quantitative estimate of drug-likeness (QED) is 0.734. The largest absolute Gasteiger partial charge is 0.387 e. The Bertz CT molecular complexity index is 721. The molecule has 120 valence electrons. The summed E-state index contributed by atoms with van der Waals surface area (Å²) in [7, 11) is 0. The molecular weight excluding hydrogens is 288 g/mol. The molecule has 0 saturated heterocycles. The van der Waals surface area contributed by atoms with Gasteiger partial charge in [-0.15, -0.1) is 0 Å². The van der Waals surface area contributed by atoms with E-state index < -0.39 is 6.10 Å². The summed E-state index contributed by atoms with van der Waals surface area (Å²) in [6.45, 7) is 4.81. The maximum Gasteiger partial charge on any atom is 0.233 e. The van der Waals surface area contributed by atoms with Crippen molar-refractivity contribution in [3.8, 4) is 0 Å². The van der Waals surface area contributed by atoms with Gasteiger partial charge in [0.05, 0.1) is 11.8 Å². The summed E-state index contributed by atoms with van der Waals surface area (Å²) < 4.78 is 1.90. The van der Waals surface area contributed by atoms with Gasteiger partial charge in [0.25, 0.3) is 0 Å². The molecule has 0 aliphatic carbocycles. The Morgan fingerprint density at radius 2 is 1.96 bits per heavy atom. The van der Waals surface area contributed by atoms with E-state index in [9.17, 15) is 5.11 Å². The van der Waals surface area contributed by atoms with Crippen molar-refractivity contribution < 1.29 is 5.11 Å². The van der Waals surface area contributed by atoms with Crippen LogP contribution in [-0.4, -0.2) is 25.5 Å². The second kappa shape index (κ2) is 6.89. The number of nitrogens with zero attached hydrogens (tertiary/aromatic N) is 3. The van der Waals surface area contributed by atoms with Gasteiger partial charge in [-0.3, -0.25) is 4.40 Å². The lowest BCUT2D eigenvalue weighted by Gasteiger charge is -2.27. The molecule has 0 bridgehead atoms. The van der Waals surface area contributed by atoms with Crippen LogP contribution in [0.4, 0.5) is 0 Å². The van der Waals surface area contributed by atoms with E-state index in [0.717, 1.165) is 11.3 Å². The number of fused-ring (bicyclic) bond motifs is 1. The maximum atomic E-state index is 10.7. The monoisotopic (exact) mass is 310 g/mol. The summed E-state index contributed by atoms with van der Waals surface area (Å²) in [5.41, 5.74) is 1.84. The summed E-state index contributed by atoms with van der Waals surface area (Å²) in [6, 6.07) is 11.6. The lowest BCUT2D eigenvalue weighted by Crippen LogP contribution is -2.39. The third kappa shape index (κ3) is 3.57. The highest BCUT2D eigenvalue weighted by atomic mass is 16.3. The van der Waals surface area contributed by atoms with E-state index in [4.69, 9.17) is 0 Å². The van der Waals surface area contributed by atoms with Crippen molar-refractivity contribution in [1.29, 1.82) is 0 Å². The SMILES string of the molecule is CC(C)[C@H](NCc1cn2cccnc2n1)[C@@H](O)c1ccccc1. The Labute approximate surface area is 136 Å². The summed E-state index contributed by atoms with van der Waals surface area (Å²) >= 11 is 0. The molecule has 5 nitrogen and oxygen atoms in total. The maximum absolute atomic E-state index is 10.7. The molecule has 0 unspecified atom stereocenters. The van der Waals surface area contributed by atoms with Gasteiger partial charge < -0.3 is 10.4 Å². The Morgan fingerprint density at radius 1 is 1.17 bits per heavy atom. The van der Waals surface area contributed by atoms with E-state index in [1.165, 1.54) is 0 Å². The lowest BCUT2D eigenvalue weighted by molar-refractivity contribution is 0.104. The van der Waals surface area contributed by atoms with Crippen LogP contribution in [0.2, 0.25) is 0 Å². The summed E-state index contributed by atoms with van der Waals surface area (Å²) in [4.78, 5) is 8.71. The number of imidazole rings is 1. The third-order valence-electron chi connectivity index (χ3n) is 4.00. The van der Waals surface area contributed by atoms with Crippen LogP contribution in [0.25, 0.3) is 5.78 Å². The molecule has 1 aromatic carbocycles. The van der Waals surface area contributed by atoms with Crippen molar-refractivity contribution in [2.45, 2.75) is 32.5 Å². The van der Waals surface area contributed by atoms with E-state index in [1.54, 1.807) is 6.20 Å². The molecule has 2 heterocycles. The molecule has 2 aromatic heterocycles. The zero-order valence-electron chi connectivity index (χ0n) is 13.4. The molecule has 23 heavy (non-hydrogen) atoms. The molecule has 3 aromatic rings. The van der Waals surface area contributed by atoms with Gasteiger partial charge in [0.2, 0.25) is 5.78 Å². The minimum Gasteiger partial charge on any atom is -0.387 e. The van der Waals surface area contributed by atoms with Gasteiger partial charge in [0.1, 0.15) is 0 Å². The van der Waals surface area contributed by atoms with Crippen LogP contribution in [0.3, 0.4) is 0 Å². The number of hydrogen-bond donors (Lipinski definition) is 2. The third-order valence-corrected chi connectivity index (χ3v) is 4.00. The molecule has 0 radical (unpaired) electrons. The van der Waals surface area contributed by atoms with Gasteiger partial charge >= 0.3 is 0 Å². The molecule has 0 amide bonds. The Morgan fingerprint density at radius 3 is 2.65 bits per heavy atom. The zero-order chi connectivity index (χ0) is 16.2. The number of rotatable bonds is 6. The topological polar surface area (TPSA) is 62.5 Å². The van der Waals surface area contributed by atoms with Crippen molar-refractivity contribution in [1.82, 2.24) is 19.7 Å². The first-order chi connectivity index (χ1) is 11.1. The molecule has 2 N–H and O–H groups in total. The van der Waals surface area contributed by atoms with Crippen LogP contribution in [-0.2, 0) is 6.54 Å². The van der Waals surface area contributed by atoms with Crippen LogP contribution in [0.5, 0.6) is 0 Å². The number of aliphatic hydroxyl groups is 1. The van der Waals surface area contributed by atoms with Crippen molar-refractivity contribution >= 4 is 5.78 Å². The van der Waals surface area contributed by atoms with Gasteiger partial charge in [-0.2, -0.15) is 0 Å². The first-order valence-corrected chi connectivity index (χ1v) is 7.90. The van der Waals surface area contributed by atoms with Crippen LogP contribution in [0, 0.1) is 5.92 Å². The van der Waals surface area contributed by atoms with Crippen molar-refractivity contribution in [3.05, 3.63) is 66.2 Å². The summed E-state index contributed by atoms with van der Waals surface area (Å²) in [5.74, 6) is 0.981. The molecule has 0 saturated carbocycles. The van der Waals surface area contributed by atoms with E-state index >= 15 is 0 Å². The number of aliphatic hydroxyl groups excluding tert-OH is 1. The Balaban J connectivity index is 1.72. The molecule has 2 atom stereocenters. The molecular formula is C18H22N4O. The van der Waals surface area contributed by atoms with Gasteiger partial charge in [-0.1, -0.05) is 44.2 Å². The normalized spacial score (nSPS) is 14.3. The second-order valence-electron chi connectivity index (χ2n) is 6.07. The van der Waals surface area contributed by atoms with Gasteiger partial charge in [0, 0.05) is 31.2 Å². The predicted octanol–water partition coefficient (Wildman–Crippen LogP) is 2.58. The van der Waals surface area contributed by atoms with Crippen LogP contribution >= 0.6 is 0 Å². The van der Waals surface area contributed by atoms with E-state index in [2.05, 4.69) is 29.1 Å². The molecule has 0 fully saturated rings. The first kappa shape index (κ1) is 15.6. The zero-order valence-corrected chi connectivity index (χ0v) is 13.4. The number of aromatic nitrogens is 3. The average Bonchev–Trinajstić information content (AvgIpc) is 2.98. The van der Waals surface area contributed by atoms with Crippen molar-refractivity contribution in [3.63, 3.8) is 0 Å². The van der Waals surface area contributed by atoms with Gasteiger partial charge in [-0.05, 0) is 17.5 Å². The summed E-state index contributed by atoms with van der Waals surface area (Å²) in [6.07, 6.45) is 5.07. The number of hydrogen-bond acceptors (Lipinski definition) is 4. The smallest absolute Gasteiger partial charge is 0.233 e. The minimum atomic E-state index is -0.550. The van der Waals surface area contributed by atoms with E-state index in [1.807, 2.05) is 53.2 Å². The highest BCUT2D eigenvalue weighted by molar-refractivity contribution is 5.29. The average molecular weight is 310 g/mol. The van der Waals surface area contributed by atoms with Crippen LogP contribution in [0.1, 0.15) is 31.2 Å². The number of nitrogens with one attached hydrogen (secondary N) is 1. The lowest BCUT2D eigenvalue weighted by atomic mass is 9.93. The fourth-order valence-corrected chi connectivity index (χ4v) is 2.76. The minimum absolute atomic E-state index is 0.0461. The van der Waals surface area contributed by atoms with E-state index in [0.29, 0.717) is 18.2 Å². The van der Waals surface area contributed by atoms with Crippen molar-refractivity contribution in [2.24, 2.45) is 5.92 Å². The molecule has 5 heteroatoms. The number of benzene rings is 1. The first-order valence-electron chi connectivity index (χ1n) is 7.90. The Hall–Kier alpha value is -2.24. The second-order valence-corrected chi connectivity index (χ2v) is 6.07. The van der Waals surface area contributed by atoms with E-state index in [-0.39, 0.29) is 6.04 Å². The molecule has 0 aliphatic rings. The standard InChI is InChI=1S/C18H22N4O/c1-13(2)16(17(23)14-7-4-3-5-8-14)20-11-15-12-22-10-6-9-19-18(22)21-15/h3-10,12-13,16-17,20,23H,11H2,1-2H3/t16-,17-/m0/s1. The van der Waals surface area contributed by atoms with Crippen LogP contribution in [0.15, 0.2) is 55.0 Å². The molecule has 0 spiro atoms. The molecule has 0 aliphatic heterocycles. The van der Waals surface area contributed by atoms with Crippen molar-refractivity contribution in [2.75, 3.05) is 0 Å². The highest BCUT2D eigenvalue weighted by Gasteiger charge is 2.23. The fourth-order valence-electron chi connectivity index (χ4n) is 2.76. The van der Waals surface area contributed by atoms with Crippen LogP contribution < -0.4 is 5.32 Å². The van der Waals surface area contributed by atoms with Gasteiger partial charge in [0.15, 0.2) is 0 Å². The summed E-state index contributed by atoms with van der Waals surface area (Å²) in [5, 5.41) is 14.1. The Kier molecular flexibility index (Phi) is 4.69.